The molecule has 0 unspecified atom stereocenters. The maximum absolute atomic E-state index is 14.5. The molecule has 1 aromatic carbocycles. The highest BCUT2D eigenvalue weighted by atomic mass is 35.5. The van der Waals surface area contributed by atoms with E-state index in [9.17, 15) is 35.1 Å². The van der Waals surface area contributed by atoms with Gasteiger partial charge in [0.25, 0.3) is 0 Å². The summed E-state index contributed by atoms with van der Waals surface area (Å²) in [5, 5.41) is 69.8. The average molecular weight is 946 g/mol. The molecule has 3 fully saturated rings. The number of para-hydroxylation sites is 1. The van der Waals surface area contributed by atoms with Crippen LogP contribution in [-0.2, 0) is 33.2 Å². The first kappa shape index (κ1) is 55.4. The molecule has 1 aromatic rings. The fourth-order valence-corrected chi connectivity index (χ4v) is 10.2. The first-order valence-corrected chi connectivity index (χ1v) is 23.8. The van der Waals surface area contributed by atoms with Crippen molar-refractivity contribution < 1.29 is 63.5 Å². The summed E-state index contributed by atoms with van der Waals surface area (Å²) in [6.45, 7) is 20.3. The number of amides is 2. The highest BCUT2D eigenvalue weighted by molar-refractivity contribution is 6.33. The molecule has 0 spiro atoms. The van der Waals surface area contributed by atoms with Crippen molar-refractivity contribution in [1.82, 2.24) is 15.5 Å². The van der Waals surface area contributed by atoms with Gasteiger partial charge in [-0.2, -0.15) is 0 Å². The third kappa shape index (κ3) is 12.7. The van der Waals surface area contributed by atoms with E-state index >= 15 is 0 Å². The normalized spacial score (nSPS) is 42.6. The highest BCUT2D eigenvalue weighted by Gasteiger charge is 2.58. The van der Waals surface area contributed by atoms with Crippen molar-refractivity contribution in [3.63, 3.8) is 0 Å². The van der Waals surface area contributed by atoms with Crippen LogP contribution in [0.2, 0.25) is 5.02 Å². The van der Waals surface area contributed by atoms with Crippen LogP contribution in [0.1, 0.15) is 108 Å². The Balaban J connectivity index is 1.79. The van der Waals surface area contributed by atoms with Gasteiger partial charge in [-0.1, -0.05) is 51.4 Å². The van der Waals surface area contributed by atoms with Crippen molar-refractivity contribution in [3.8, 4) is 0 Å². The van der Waals surface area contributed by atoms with Crippen LogP contribution in [-0.4, -0.2) is 166 Å². The fraction of sp³-hybridized carbons (Fsp3) is 0.830. The standard InChI is InChI=1S/C47H81ClN4O13/c1-14-20-49-25-47(59)31(8)62-36(23-45(47,10)60-13)64-38-28(5)40(65-42-37(53)34(21-27(4)61-42)52(12)43(56)51-33-19-17-16-18-32(33)48)44(9,57)22-26(3)24-50-30(7)39(54)46(11,58)35(15-2)63-41(55)29(38)6/h16-19,26-31,34-40,42,49-50,53-54,57-59H,14-15,20-25H2,1-13H3,(H,51,56)/t26-,27-,28+,29-,30-,31+,34+,35-,36+,37-,38+,39-,40-,42+,44-,45-,46-,47+/m1/s1. The van der Waals surface area contributed by atoms with Crippen LogP contribution in [0.4, 0.5) is 10.5 Å². The Morgan fingerprint density at radius 2 is 1.66 bits per heavy atom. The average Bonchev–Trinajstić information content (AvgIpc) is 3.24. The minimum Gasteiger partial charge on any atom is -0.459 e. The van der Waals surface area contributed by atoms with Crippen LogP contribution in [0.15, 0.2) is 24.3 Å². The van der Waals surface area contributed by atoms with E-state index < -0.39 is 114 Å². The SMILES string of the molecule is CCCNC[C@]1(O)[C@H](C)O[C@@H](O[C@H]2[C@H](C)[C@@H](O[C@@H]3O[C@H](C)C[C@H](N(C)C(=O)Nc4ccccc4Cl)[C@H]3O)[C@](C)(O)C[C@@H](C)CN[C@H](C)[C@@H](O)[C@](C)(O)[C@@H](CC)OC(=O)[C@@H]2C)C[C@@]1(C)OC. The van der Waals surface area contributed by atoms with Gasteiger partial charge in [0.1, 0.15) is 35.1 Å². The molecule has 0 bridgehead atoms. The summed E-state index contributed by atoms with van der Waals surface area (Å²) in [7, 11) is 3.07. The minimum absolute atomic E-state index is 0.0381. The summed E-state index contributed by atoms with van der Waals surface area (Å²) >= 11 is 6.34. The number of rotatable bonds is 12. The van der Waals surface area contributed by atoms with Crippen LogP contribution in [0, 0.1) is 17.8 Å². The Morgan fingerprint density at radius 3 is 2.28 bits per heavy atom. The minimum atomic E-state index is -1.86. The molecule has 2 amide bonds. The van der Waals surface area contributed by atoms with E-state index in [0.717, 1.165) is 6.42 Å². The molecule has 65 heavy (non-hydrogen) atoms. The van der Waals surface area contributed by atoms with Gasteiger partial charge in [0.05, 0.1) is 52.7 Å². The molecule has 0 aliphatic carbocycles. The Morgan fingerprint density at radius 1 is 1.00 bits per heavy atom. The largest absolute Gasteiger partial charge is 0.459 e. The summed E-state index contributed by atoms with van der Waals surface area (Å²) in [5.74, 6) is -3.02. The third-order valence-corrected chi connectivity index (χ3v) is 14.6. The Bertz CT molecular complexity index is 1700. The smallest absolute Gasteiger partial charge is 0.321 e. The number of hydrogen-bond acceptors (Lipinski definition) is 15. The predicted octanol–water partition coefficient (Wildman–Crippen LogP) is 4.18. The summed E-state index contributed by atoms with van der Waals surface area (Å²) in [6.07, 6.45) is -8.60. The second-order valence-corrected chi connectivity index (χ2v) is 20.2. The molecule has 3 aliphatic heterocycles. The number of esters is 1. The zero-order valence-corrected chi connectivity index (χ0v) is 41.6. The van der Waals surface area contributed by atoms with Gasteiger partial charge in [0.2, 0.25) is 0 Å². The first-order valence-electron chi connectivity index (χ1n) is 23.4. The van der Waals surface area contributed by atoms with Crippen molar-refractivity contribution in [2.75, 3.05) is 39.1 Å². The van der Waals surface area contributed by atoms with Gasteiger partial charge < -0.3 is 74.8 Å². The van der Waals surface area contributed by atoms with Gasteiger partial charge >= 0.3 is 12.0 Å². The van der Waals surface area contributed by atoms with Gasteiger partial charge in [-0.25, -0.2) is 4.79 Å². The number of hydrogen-bond donors (Lipinski definition) is 8. The second kappa shape index (κ2) is 22.9. The molecular weight excluding hydrogens is 864 g/mol. The van der Waals surface area contributed by atoms with Gasteiger partial charge in [0.15, 0.2) is 12.6 Å². The number of aliphatic hydroxyl groups is 5. The number of nitrogens with one attached hydrogen (secondary N) is 3. The maximum atomic E-state index is 14.5. The van der Waals surface area contributed by atoms with E-state index in [1.54, 1.807) is 86.7 Å². The van der Waals surface area contributed by atoms with Crippen LogP contribution >= 0.6 is 11.6 Å². The van der Waals surface area contributed by atoms with Crippen molar-refractivity contribution in [2.45, 2.75) is 198 Å². The Hall–Kier alpha value is -2.23. The molecule has 3 heterocycles. The lowest BCUT2D eigenvalue weighted by atomic mass is 9.75. The van der Waals surface area contributed by atoms with Crippen molar-refractivity contribution >= 4 is 29.3 Å². The van der Waals surface area contributed by atoms with Crippen molar-refractivity contribution in [3.05, 3.63) is 29.3 Å². The zero-order chi connectivity index (χ0) is 48.8. The number of ether oxygens (including phenoxy) is 6. The van der Waals surface area contributed by atoms with Crippen molar-refractivity contribution in [2.24, 2.45) is 17.8 Å². The Kier molecular flexibility index (Phi) is 19.5. The number of carbonyl (C=O) groups excluding carboxylic acids is 2. The number of nitrogens with zero attached hydrogens (tertiary/aromatic N) is 1. The molecule has 0 aromatic heterocycles. The van der Waals surface area contributed by atoms with Crippen LogP contribution in [0.25, 0.3) is 0 Å². The lowest BCUT2D eigenvalue weighted by molar-refractivity contribution is -0.336. The summed E-state index contributed by atoms with van der Waals surface area (Å²) < 4.78 is 38.5. The monoisotopic (exact) mass is 945 g/mol. The molecule has 8 N–H and O–H groups in total. The van der Waals surface area contributed by atoms with Crippen LogP contribution in [0.3, 0.4) is 0 Å². The van der Waals surface area contributed by atoms with E-state index in [0.29, 0.717) is 23.8 Å². The van der Waals surface area contributed by atoms with E-state index in [2.05, 4.69) is 16.0 Å². The number of benzene rings is 1. The van der Waals surface area contributed by atoms with E-state index in [1.807, 2.05) is 13.8 Å². The van der Waals surface area contributed by atoms with E-state index in [-0.39, 0.29) is 38.1 Å². The topological polar surface area (TPSA) is 230 Å². The number of likely N-dealkylation sites (N-methyl/N-ethyl adjacent to an activating group) is 1. The summed E-state index contributed by atoms with van der Waals surface area (Å²) in [5.41, 5.74) is -5.85. The Labute approximate surface area is 391 Å². The van der Waals surface area contributed by atoms with E-state index in [4.69, 9.17) is 40.0 Å². The number of anilines is 1. The lowest BCUT2D eigenvalue weighted by Crippen LogP contribution is -2.70. The maximum Gasteiger partial charge on any atom is 0.321 e. The number of urea groups is 1. The summed E-state index contributed by atoms with van der Waals surface area (Å²) in [6, 6.07) is 4.83. The third-order valence-electron chi connectivity index (χ3n) is 14.3. The van der Waals surface area contributed by atoms with Crippen molar-refractivity contribution in [1.29, 1.82) is 0 Å². The van der Waals surface area contributed by atoms with Gasteiger partial charge in [-0.15, -0.1) is 0 Å². The highest BCUT2D eigenvalue weighted by Crippen LogP contribution is 2.43. The van der Waals surface area contributed by atoms with Crippen LogP contribution in [0.5, 0.6) is 0 Å². The van der Waals surface area contributed by atoms with Gasteiger partial charge in [0, 0.05) is 39.1 Å². The summed E-state index contributed by atoms with van der Waals surface area (Å²) in [4.78, 5) is 29.5. The number of aliphatic hydroxyl groups excluding tert-OH is 2. The second-order valence-electron chi connectivity index (χ2n) is 19.8. The number of methoxy groups -OCH3 is 1. The predicted molar refractivity (Wildman–Crippen MR) is 246 cm³/mol. The van der Waals surface area contributed by atoms with Gasteiger partial charge in [-0.3, -0.25) is 4.79 Å². The molecule has 3 aliphatic rings. The van der Waals surface area contributed by atoms with E-state index in [1.165, 1.54) is 18.9 Å². The lowest BCUT2D eigenvalue weighted by Gasteiger charge is -2.53. The first-order chi connectivity index (χ1) is 30.3. The molecule has 18 heteroatoms. The number of halogens is 1. The van der Waals surface area contributed by atoms with Gasteiger partial charge in [-0.05, 0) is 105 Å². The molecule has 4 rings (SSSR count). The van der Waals surface area contributed by atoms with Crippen LogP contribution < -0.4 is 16.0 Å². The molecule has 0 radical (unpaired) electrons. The quantitative estimate of drug-likeness (QED) is 0.109. The molecule has 17 nitrogen and oxygen atoms in total. The molecule has 18 atom stereocenters. The zero-order valence-electron chi connectivity index (χ0n) is 40.9. The molecular formula is C47H81ClN4O13. The molecule has 3 saturated heterocycles. The fourth-order valence-electron chi connectivity index (χ4n) is 9.99. The number of cyclic esters (lactones) is 1. The molecule has 374 valence electrons. The molecule has 0 saturated carbocycles. The number of carbonyl (C=O) groups is 2.